The standard InChI is InChI=1S/C20H23N5O3S/c1-12-23-15(10-29-12)17(26)24-19-5-13-4-14(6-19)8-20(7-13,11-19)25-18(27)28-16-9-21-2-3-22-16/h2-3,9-10,13-14H,4-8,11H2,1H3,(H,24,26)(H,25,27). The van der Waals surface area contributed by atoms with Gasteiger partial charge in [-0.3, -0.25) is 9.78 Å². The second-order valence-corrected chi connectivity index (χ2v) is 9.85. The second-order valence-electron chi connectivity index (χ2n) is 8.79. The maximum absolute atomic E-state index is 12.8. The lowest BCUT2D eigenvalue weighted by atomic mass is 9.50. The number of nitrogens with zero attached hydrogens (tertiary/aromatic N) is 3. The van der Waals surface area contributed by atoms with Gasteiger partial charge in [-0.1, -0.05) is 0 Å². The minimum atomic E-state index is -0.510. The molecule has 152 valence electrons. The lowest BCUT2D eigenvalue weighted by molar-refractivity contribution is -0.0450. The van der Waals surface area contributed by atoms with Crippen LogP contribution in [0.2, 0.25) is 0 Å². The molecule has 0 aliphatic heterocycles. The topological polar surface area (TPSA) is 106 Å². The third-order valence-electron chi connectivity index (χ3n) is 6.40. The number of ether oxygens (including phenoxy) is 1. The van der Waals surface area contributed by atoms with E-state index in [1.807, 2.05) is 6.92 Å². The third-order valence-corrected chi connectivity index (χ3v) is 7.17. The van der Waals surface area contributed by atoms with E-state index in [1.54, 1.807) is 5.38 Å². The molecule has 29 heavy (non-hydrogen) atoms. The first-order valence-corrected chi connectivity index (χ1v) is 10.8. The van der Waals surface area contributed by atoms with Gasteiger partial charge in [-0.15, -0.1) is 11.3 Å². The van der Waals surface area contributed by atoms with Crippen LogP contribution in [0.4, 0.5) is 4.79 Å². The number of aryl methyl sites for hydroxylation is 1. The molecule has 8 nitrogen and oxygen atoms in total. The van der Waals surface area contributed by atoms with Gasteiger partial charge in [-0.25, -0.2) is 14.8 Å². The van der Waals surface area contributed by atoms with E-state index in [4.69, 9.17) is 4.74 Å². The van der Waals surface area contributed by atoms with Gasteiger partial charge in [0.1, 0.15) is 5.69 Å². The highest BCUT2D eigenvalue weighted by Crippen LogP contribution is 2.57. The summed E-state index contributed by atoms with van der Waals surface area (Å²) in [7, 11) is 0. The zero-order valence-corrected chi connectivity index (χ0v) is 17.0. The lowest BCUT2D eigenvalue weighted by Crippen LogP contribution is -2.70. The van der Waals surface area contributed by atoms with Gasteiger partial charge in [0.25, 0.3) is 5.91 Å². The van der Waals surface area contributed by atoms with Gasteiger partial charge < -0.3 is 15.4 Å². The normalized spacial score (nSPS) is 32.0. The van der Waals surface area contributed by atoms with Crippen LogP contribution in [-0.4, -0.2) is 38.0 Å². The van der Waals surface area contributed by atoms with Crippen LogP contribution in [-0.2, 0) is 0 Å². The number of aromatic nitrogens is 3. The molecule has 2 unspecified atom stereocenters. The second kappa shape index (κ2) is 6.76. The molecule has 9 heteroatoms. The Kier molecular flexibility index (Phi) is 4.31. The van der Waals surface area contributed by atoms with Crippen molar-refractivity contribution in [3.8, 4) is 5.88 Å². The highest BCUT2D eigenvalue weighted by molar-refractivity contribution is 7.09. The molecule has 0 aromatic carbocycles. The quantitative estimate of drug-likeness (QED) is 0.798. The largest absolute Gasteiger partial charge is 0.414 e. The summed E-state index contributed by atoms with van der Waals surface area (Å²) in [6.45, 7) is 1.90. The number of nitrogens with one attached hydrogen (secondary N) is 2. The number of hydrogen-bond donors (Lipinski definition) is 2. The summed E-state index contributed by atoms with van der Waals surface area (Å²) in [5, 5.41) is 9.10. The molecule has 2 heterocycles. The van der Waals surface area contributed by atoms with Crippen LogP contribution in [0.3, 0.4) is 0 Å². The van der Waals surface area contributed by atoms with Crippen molar-refractivity contribution in [3.05, 3.63) is 34.7 Å². The third kappa shape index (κ3) is 3.59. The van der Waals surface area contributed by atoms with Crippen LogP contribution >= 0.6 is 11.3 Å². The van der Waals surface area contributed by atoms with Crippen molar-refractivity contribution >= 4 is 23.3 Å². The van der Waals surface area contributed by atoms with E-state index in [0.717, 1.165) is 43.5 Å². The van der Waals surface area contributed by atoms with Gasteiger partial charge in [0, 0.05) is 28.9 Å². The maximum atomic E-state index is 12.8. The average Bonchev–Trinajstić information content (AvgIpc) is 3.07. The smallest absolute Gasteiger partial charge is 0.390 e. The average molecular weight is 414 g/mol. The van der Waals surface area contributed by atoms with Gasteiger partial charge in [-0.2, -0.15) is 0 Å². The molecule has 2 aromatic heterocycles. The maximum Gasteiger partial charge on any atom is 0.414 e. The summed E-state index contributed by atoms with van der Waals surface area (Å²) < 4.78 is 5.32. The fourth-order valence-electron chi connectivity index (χ4n) is 6.00. The number of carbonyl (C=O) groups excluding carboxylic acids is 2. The first-order chi connectivity index (χ1) is 13.9. The van der Waals surface area contributed by atoms with Gasteiger partial charge in [0.2, 0.25) is 5.88 Å². The zero-order valence-electron chi connectivity index (χ0n) is 16.2. The molecular formula is C20H23N5O3S. The molecule has 0 spiro atoms. The van der Waals surface area contributed by atoms with Crippen LogP contribution < -0.4 is 15.4 Å². The highest BCUT2D eigenvalue weighted by Gasteiger charge is 2.59. The molecule has 2 aromatic rings. The fourth-order valence-corrected chi connectivity index (χ4v) is 6.60. The summed E-state index contributed by atoms with van der Waals surface area (Å²) in [6, 6.07) is 0. The number of hydrogen-bond acceptors (Lipinski definition) is 7. The van der Waals surface area contributed by atoms with E-state index in [1.165, 1.54) is 29.9 Å². The van der Waals surface area contributed by atoms with Gasteiger partial charge in [0.05, 0.1) is 11.2 Å². The Balaban J connectivity index is 1.32. The highest BCUT2D eigenvalue weighted by atomic mass is 32.1. The summed E-state index contributed by atoms with van der Waals surface area (Å²) in [5.41, 5.74) is -0.167. The monoisotopic (exact) mass is 413 g/mol. The predicted octanol–water partition coefficient (Wildman–Crippen LogP) is 2.85. The van der Waals surface area contributed by atoms with E-state index < -0.39 is 6.09 Å². The molecule has 4 aliphatic rings. The van der Waals surface area contributed by atoms with E-state index in [9.17, 15) is 9.59 Å². The molecule has 4 fully saturated rings. The molecule has 0 saturated heterocycles. The van der Waals surface area contributed by atoms with Gasteiger partial charge in [0.15, 0.2) is 0 Å². The molecular weight excluding hydrogens is 390 g/mol. The fraction of sp³-hybridized carbons (Fsp3) is 0.550. The van der Waals surface area contributed by atoms with Gasteiger partial charge in [-0.05, 0) is 57.3 Å². The Morgan fingerprint density at radius 3 is 2.48 bits per heavy atom. The summed E-state index contributed by atoms with van der Waals surface area (Å²) in [5.74, 6) is 1.04. The minimum absolute atomic E-state index is 0.117. The van der Waals surface area contributed by atoms with E-state index >= 15 is 0 Å². The van der Waals surface area contributed by atoms with Crippen LogP contribution in [0.15, 0.2) is 24.0 Å². The van der Waals surface area contributed by atoms with Crippen molar-refractivity contribution in [2.75, 3.05) is 0 Å². The zero-order chi connectivity index (χ0) is 20.1. The van der Waals surface area contributed by atoms with Crippen molar-refractivity contribution in [1.82, 2.24) is 25.6 Å². The molecule has 2 N–H and O–H groups in total. The van der Waals surface area contributed by atoms with E-state index in [-0.39, 0.29) is 22.9 Å². The Bertz CT molecular complexity index is 933. The van der Waals surface area contributed by atoms with Crippen molar-refractivity contribution in [2.24, 2.45) is 11.8 Å². The Hall–Kier alpha value is -2.55. The number of carbonyl (C=O) groups is 2. The van der Waals surface area contributed by atoms with Crippen LogP contribution in [0.1, 0.15) is 54.0 Å². The summed E-state index contributed by atoms with van der Waals surface area (Å²) in [6.07, 6.45) is 9.56. The Morgan fingerprint density at radius 2 is 1.86 bits per heavy atom. The number of thiazole rings is 1. The minimum Gasteiger partial charge on any atom is -0.390 e. The molecule has 2 atom stereocenters. The van der Waals surface area contributed by atoms with Crippen LogP contribution in [0.5, 0.6) is 5.88 Å². The molecule has 2 amide bonds. The summed E-state index contributed by atoms with van der Waals surface area (Å²) in [4.78, 5) is 37.6. The van der Waals surface area contributed by atoms with E-state index in [2.05, 4.69) is 25.6 Å². The van der Waals surface area contributed by atoms with Crippen LogP contribution in [0.25, 0.3) is 0 Å². The Morgan fingerprint density at radius 1 is 1.14 bits per heavy atom. The number of amides is 2. The molecule has 6 rings (SSSR count). The van der Waals surface area contributed by atoms with Crippen LogP contribution in [0, 0.1) is 18.8 Å². The predicted molar refractivity (Wildman–Crippen MR) is 106 cm³/mol. The molecule has 4 aliphatic carbocycles. The van der Waals surface area contributed by atoms with Gasteiger partial charge >= 0.3 is 6.09 Å². The lowest BCUT2D eigenvalue weighted by Gasteiger charge is -2.61. The van der Waals surface area contributed by atoms with E-state index in [0.29, 0.717) is 17.5 Å². The molecule has 4 bridgehead atoms. The van der Waals surface area contributed by atoms with Crippen molar-refractivity contribution in [1.29, 1.82) is 0 Å². The summed E-state index contributed by atoms with van der Waals surface area (Å²) >= 11 is 1.48. The number of rotatable bonds is 4. The van der Waals surface area contributed by atoms with Crippen molar-refractivity contribution in [3.63, 3.8) is 0 Å². The molecule has 0 radical (unpaired) electrons. The first-order valence-electron chi connectivity index (χ1n) is 9.93. The first kappa shape index (κ1) is 18.5. The SMILES string of the molecule is Cc1nc(C(=O)NC23CC4CC(CC(NC(=O)Oc5cnccn5)(C4)C2)C3)cs1. The Labute approximate surface area is 172 Å². The van der Waals surface area contributed by atoms with Crippen molar-refractivity contribution < 1.29 is 14.3 Å². The van der Waals surface area contributed by atoms with Crippen molar-refractivity contribution in [2.45, 2.75) is 56.5 Å². The molecule has 4 saturated carbocycles.